The number of nitrogens with one attached hydrogen (secondary N) is 1. The topological polar surface area (TPSA) is 71.8 Å². The summed E-state index contributed by atoms with van der Waals surface area (Å²) in [6.07, 6.45) is 0.297. The van der Waals surface area contributed by atoms with E-state index in [0.29, 0.717) is 0 Å². The van der Waals surface area contributed by atoms with Crippen LogP contribution in [0.1, 0.15) is 24.1 Å². The molecular formula is C24H24F3N7. The van der Waals surface area contributed by atoms with Crippen LogP contribution in [0.4, 0.5) is 19.0 Å². The molecule has 1 aliphatic heterocycles. The number of hydrogen-bond acceptors (Lipinski definition) is 6. The van der Waals surface area contributed by atoms with Gasteiger partial charge in [0.05, 0.1) is 17.0 Å². The zero-order valence-electron chi connectivity index (χ0n) is 18.6. The molecule has 10 heteroatoms. The summed E-state index contributed by atoms with van der Waals surface area (Å²) in [5.41, 5.74) is 1.02. The zero-order chi connectivity index (χ0) is 23.7. The molecule has 1 N–H and O–H groups in total. The van der Waals surface area contributed by atoms with Crippen molar-refractivity contribution in [3.8, 4) is 11.4 Å². The molecule has 0 aliphatic carbocycles. The first kappa shape index (κ1) is 22.3. The number of piperidine rings is 1. The molecule has 1 aliphatic rings. The van der Waals surface area contributed by atoms with Crippen LogP contribution in [-0.2, 0) is 19.8 Å². The summed E-state index contributed by atoms with van der Waals surface area (Å²) in [5, 5.41) is 18.6. The molecule has 0 spiro atoms. The molecule has 0 saturated carbocycles. The van der Waals surface area contributed by atoms with Gasteiger partial charge in [0.25, 0.3) is 0 Å². The van der Waals surface area contributed by atoms with Crippen molar-refractivity contribution in [3.63, 3.8) is 0 Å². The van der Waals surface area contributed by atoms with Gasteiger partial charge in [0.1, 0.15) is 5.69 Å². The van der Waals surface area contributed by atoms with E-state index in [4.69, 9.17) is 0 Å². The molecule has 3 aromatic heterocycles. The number of rotatable bonds is 5. The number of alkyl halides is 3. The second-order valence-corrected chi connectivity index (χ2v) is 8.40. The maximum atomic E-state index is 13.2. The molecule has 1 fully saturated rings. The quantitative estimate of drug-likeness (QED) is 0.474. The van der Waals surface area contributed by atoms with Gasteiger partial charge in [-0.1, -0.05) is 24.3 Å². The average Bonchev–Trinajstić information content (AvgIpc) is 3.27. The Morgan fingerprint density at radius 1 is 0.971 bits per heavy atom. The van der Waals surface area contributed by atoms with Crippen LogP contribution < -0.4 is 10.2 Å². The van der Waals surface area contributed by atoms with Gasteiger partial charge in [-0.25, -0.2) is 0 Å². The van der Waals surface area contributed by atoms with E-state index in [-0.39, 0.29) is 18.3 Å². The Morgan fingerprint density at radius 3 is 2.44 bits per heavy atom. The van der Waals surface area contributed by atoms with E-state index in [1.165, 1.54) is 12.3 Å². The lowest BCUT2D eigenvalue weighted by Gasteiger charge is -2.33. The highest BCUT2D eigenvalue weighted by atomic mass is 19.4. The van der Waals surface area contributed by atoms with Crippen LogP contribution in [0.3, 0.4) is 0 Å². The van der Waals surface area contributed by atoms with Crippen LogP contribution in [0, 0.1) is 0 Å². The first-order valence-corrected chi connectivity index (χ1v) is 11.1. The minimum Gasteiger partial charge on any atom is -0.354 e. The lowest BCUT2D eigenvalue weighted by molar-refractivity contribution is -0.138. The van der Waals surface area contributed by atoms with E-state index in [1.807, 2.05) is 37.4 Å². The van der Waals surface area contributed by atoms with Gasteiger partial charge in [0.15, 0.2) is 5.82 Å². The second-order valence-electron chi connectivity index (χ2n) is 8.40. The number of anilines is 1. The number of aryl methyl sites for hydroxylation is 1. The van der Waals surface area contributed by atoms with Gasteiger partial charge in [0, 0.05) is 55.9 Å². The van der Waals surface area contributed by atoms with Crippen molar-refractivity contribution in [2.45, 2.75) is 31.6 Å². The molecule has 1 saturated heterocycles. The highest BCUT2D eigenvalue weighted by molar-refractivity contribution is 5.99. The fourth-order valence-electron chi connectivity index (χ4n) is 4.49. The monoisotopic (exact) mass is 467 g/mol. The highest BCUT2D eigenvalue weighted by Gasteiger charge is 2.34. The number of hydrogen-bond donors (Lipinski definition) is 1. The minimum absolute atomic E-state index is 0.0278. The maximum Gasteiger partial charge on any atom is 0.418 e. The summed E-state index contributed by atoms with van der Waals surface area (Å²) < 4.78 is 41.5. The lowest BCUT2D eigenvalue weighted by atomic mass is 10.0. The predicted molar refractivity (Wildman–Crippen MR) is 123 cm³/mol. The second kappa shape index (κ2) is 9.02. The first-order valence-electron chi connectivity index (χ1n) is 11.1. The number of nitrogens with zero attached hydrogens (tertiary/aromatic N) is 6. The Bertz CT molecular complexity index is 1290. The van der Waals surface area contributed by atoms with Gasteiger partial charge >= 0.3 is 6.18 Å². The van der Waals surface area contributed by atoms with Gasteiger partial charge in [-0.3, -0.25) is 9.67 Å². The molecular weight excluding hydrogens is 443 g/mol. The number of halogens is 3. The van der Waals surface area contributed by atoms with Crippen LogP contribution in [-0.4, -0.2) is 44.1 Å². The van der Waals surface area contributed by atoms with Crippen molar-refractivity contribution in [2.75, 3.05) is 18.0 Å². The van der Waals surface area contributed by atoms with Crippen LogP contribution in [0.2, 0.25) is 0 Å². The summed E-state index contributed by atoms with van der Waals surface area (Å²) in [6, 6.07) is 12.5. The molecule has 0 bridgehead atoms. The zero-order valence-corrected chi connectivity index (χ0v) is 18.6. The Balaban J connectivity index is 1.30. The Hall–Kier alpha value is -3.53. The van der Waals surface area contributed by atoms with Crippen LogP contribution in [0.25, 0.3) is 22.2 Å². The van der Waals surface area contributed by atoms with Gasteiger partial charge < -0.3 is 10.2 Å². The van der Waals surface area contributed by atoms with Gasteiger partial charge in [-0.15, -0.1) is 10.2 Å². The third kappa shape index (κ3) is 4.33. The smallest absolute Gasteiger partial charge is 0.354 e. The van der Waals surface area contributed by atoms with Crippen molar-refractivity contribution in [3.05, 3.63) is 66.1 Å². The Labute approximate surface area is 194 Å². The largest absolute Gasteiger partial charge is 0.418 e. The molecule has 0 unspecified atom stereocenters. The minimum atomic E-state index is -4.41. The van der Waals surface area contributed by atoms with E-state index in [2.05, 4.69) is 30.5 Å². The van der Waals surface area contributed by atoms with E-state index in [0.717, 1.165) is 60.0 Å². The van der Waals surface area contributed by atoms with Gasteiger partial charge in [0.2, 0.25) is 0 Å². The molecule has 0 radical (unpaired) electrons. The van der Waals surface area contributed by atoms with Gasteiger partial charge in [-0.2, -0.15) is 18.3 Å². The third-order valence-corrected chi connectivity index (χ3v) is 6.28. The Kier molecular flexibility index (Phi) is 5.91. The van der Waals surface area contributed by atoms with Crippen molar-refractivity contribution in [2.24, 2.45) is 7.05 Å². The number of benzene rings is 1. The van der Waals surface area contributed by atoms with Crippen molar-refractivity contribution < 1.29 is 13.2 Å². The van der Waals surface area contributed by atoms with Gasteiger partial charge in [-0.05, 0) is 31.0 Å². The summed E-state index contributed by atoms with van der Waals surface area (Å²) in [7, 11) is 1.88. The van der Waals surface area contributed by atoms with E-state index >= 15 is 0 Å². The molecule has 5 rings (SSSR count). The van der Waals surface area contributed by atoms with Crippen LogP contribution in [0.5, 0.6) is 0 Å². The average molecular weight is 467 g/mol. The third-order valence-electron chi connectivity index (χ3n) is 6.28. The number of pyridine rings is 1. The first-order chi connectivity index (χ1) is 16.4. The molecule has 0 amide bonds. The van der Waals surface area contributed by atoms with E-state index < -0.39 is 11.7 Å². The molecule has 176 valence electrons. The molecule has 4 aromatic rings. The van der Waals surface area contributed by atoms with Crippen molar-refractivity contribution in [1.82, 2.24) is 30.3 Å². The molecule has 34 heavy (non-hydrogen) atoms. The SMILES string of the molecule is Cn1nccc1-c1nnc(N2CCC(NCc3ncccc3C(F)(F)F)CC2)c2ccccc12. The number of aromatic nitrogens is 5. The summed E-state index contributed by atoms with van der Waals surface area (Å²) in [5.74, 6) is 0.823. The molecule has 4 heterocycles. The van der Waals surface area contributed by atoms with E-state index in [1.54, 1.807) is 10.9 Å². The van der Waals surface area contributed by atoms with Crippen molar-refractivity contribution >= 4 is 16.6 Å². The standard InChI is InChI=1S/C24H24F3N7/c1-33-21(8-12-30-33)22-17-5-2-3-6-18(17)23(32-31-22)34-13-9-16(10-14-34)29-15-20-19(24(25,26)27)7-4-11-28-20/h2-8,11-12,16,29H,9-10,13-15H2,1H3. The van der Waals surface area contributed by atoms with Crippen LogP contribution in [0.15, 0.2) is 54.9 Å². The predicted octanol–water partition coefficient (Wildman–Crippen LogP) is 4.20. The summed E-state index contributed by atoms with van der Waals surface area (Å²) in [4.78, 5) is 6.14. The fraction of sp³-hybridized carbons (Fsp3) is 0.333. The number of fused-ring (bicyclic) bond motifs is 1. The summed E-state index contributed by atoms with van der Waals surface area (Å²) in [6.45, 7) is 1.55. The Morgan fingerprint density at radius 2 is 1.74 bits per heavy atom. The highest BCUT2D eigenvalue weighted by Crippen LogP contribution is 2.33. The maximum absolute atomic E-state index is 13.2. The molecule has 0 atom stereocenters. The summed E-state index contributed by atoms with van der Waals surface area (Å²) >= 11 is 0. The van der Waals surface area contributed by atoms with Crippen molar-refractivity contribution in [1.29, 1.82) is 0 Å². The fourth-order valence-corrected chi connectivity index (χ4v) is 4.49. The van der Waals surface area contributed by atoms with Crippen LogP contribution >= 0.6 is 0 Å². The normalized spacial score (nSPS) is 15.2. The van der Waals surface area contributed by atoms with E-state index in [9.17, 15) is 13.2 Å². The molecule has 1 aromatic carbocycles. The lowest BCUT2D eigenvalue weighted by Crippen LogP contribution is -2.43. The molecule has 7 nitrogen and oxygen atoms in total.